The van der Waals surface area contributed by atoms with Crippen LogP contribution in [-0.4, -0.2) is 12.2 Å². The molecule has 16 heavy (non-hydrogen) atoms. The number of benzene rings is 1. The summed E-state index contributed by atoms with van der Waals surface area (Å²) >= 11 is 5.90. The summed E-state index contributed by atoms with van der Waals surface area (Å²) < 4.78 is 5.26. The van der Waals surface area contributed by atoms with Crippen LogP contribution in [0.25, 0.3) is 0 Å². The van der Waals surface area contributed by atoms with Gasteiger partial charge in [-0.15, -0.1) is 0 Å². The molecular weight excluding hydrogens is 224 g/mol. The minimum atomic E-state index is -0.422. The third-order valence-corrected chi connectivity index (χ3v) is 3.60. The second kappa shape index (κ2) is 5.07. The number of halogens is 1. The van der Waals surface area contributed by atoms with Crippen molar-refractivity contribution in [2.45, 2.75) is 31.8 Å². The lowest BCUT2D eigenvalue weighted by atomic mass is 9.94. The highest BCUT2D eigenvalue weighted by atomic mass is 35.5. The van der Waals surface area contributed by atoms with E-state index < -0.39 is 6.10 Å². The van der Waals surface area contributed by atoms with Gasteiger partial charge < -0.3 is 9.84 Å². The zero-order chi connectivity index (χ0) is 11.5. The van der Waals surface area contributed by atoms with E-state index in [-0.39, 0.29) is 0 Å². The number of rotatable bonds is 3. The first-order valence-corrected chi connectivity index (χ1v) is 6.11. The fourth-order valence-corrected chi connectivity index (χ4v) is 2.62. The minimum absolute atomic E-state index is 0.370. The summed E-state index contributed by atoms with van der Waals surface area (Å²) in [6.07, 6.45) is 4.23. The third kappa shape index (κ3) is 2.33. The van der Waals surface area contributed by atoms with E-state index in [1.165, 1.54) is 12.8 Å². The summed E-state index contributed by atoms with van der Waals surface area (Å²) in [5.74, 6) is 1.06. The van der Waals surface area contributed by atoms with Gasteiger partial charge in [0.25, 0.3) is 0 Å². The van der Waals surface area contributed by atoms with Crippen molar-refractivity contribution < 1.29 is 9.84 Å². The van der Waals surface area contributed by atoms with Crippen LogP contribution in [0.4, 0.5) is 0 Å². The molecule has 1 aliphatic rings. The van der Waals surface area contributed by atoms with Gasteiger partial charge in [-0.3, -0.25) is 0 Å². The Morgan fingerprint density at radius 3 is 2.69 bits per heavy atom. The summed E-state index contributed by atoms with van der Waals surface area (Å²) in [5.41, 5.74) is 0.860. The lowest BCUT2D eigenvalue weighted by molar-refractivity contribution is 0.108. The molecule has 0 aliphatic heterocycles. The van der Waals surface area contributed by atoms with Crippen molar-refractivity contribution in [3.63, 3.8) is 0 Å². The van der Waals surface area contributed by atoms with E-state index in [1.807, 2.05) is 6.07 Å². The Morgan fingerprint density at radius 1 is 1.38 bits per heavy atom. The van der Waals surface area contributed by atoms with Crippen LogP contribution in [0.1, 0.15) is 37.4 Å². The van der Waals surface area contributed by atoms with E-state index in [2.05, 4.69) is 0 Å². The predicted octanol–water partition coefficient (Wildman–Crippen LogP) is 3.57. The van der Waals surface area contributed by atoms with E-state index in [0.717, 1.165) is 18.4 Å². The molecule has 0 spiro atoms. The van der Waals surface area contributed by atoms with Crippen LogP contribution in [0.15, 0.2) is 18.2 Å². The van der Waals surface area contributed by atoms with Crippen LogP contribution < -0.4 is 4.74 Å². The van der Waals surface area contributed by atoms with E-state index in [0.29, 0.717) is 16.7 Å². The molecule has 1 atom stereocenters. The molecule has 0 aromatic heterocycles. The van der Waals surface area contributed by atoms with Crippen LogP contribution in [0, 0.1) is 5.92 Å². The summed E-state index contributed by atoms with van der Waals surface area (Å²) in [7, 11) is 1.61. The Kier molecular flexibility index (Phi) is 3.72. The molecule has 0 bridgehead atoms. The molecule has 0 saturated heterocycles. The van der Waals surface area contributed by atoms with Gasteiger partial charge in [0.2, 0.25) is 0 Å². The van der Waals surface area contributed by atoms with Crippen LogP contribution in [0.2, 0.25) is 5.02 Å². The van der Waals surface area contributed by atoms with Gasteiger partial charge in [0.15, 0.2) is 0 Å². The van der Waals surface area contributed by atoms with E-state index in [9.17, 15) is 5.11 Å². The van der Waals surface area contributed by atoms with Crippen molar-refractivity contribution in [3.8, 4) is 5.75 Å². The maximum Gasteiger partial charge on any atom is 0.126 e. The van der Waals surface area contributed by atoms with Gasteiger partial charge in [0, 0.05) is 10.6 Å². The van der Waals surface area contributed by atoms with Crippen molar-refractivity contribution in [2.24, 2.45) is 5.92 Å². The van der Waals surface area contributed by atoms with E-state index in [1.54, 1.807) is 19.2 Å². The van der Waals surface area contributed by atoms with Gasteiger partial charge in [-0.1, -0.05) is 30.5 Å². The molecule has 0 amide bonds. The highest BCUT2D eigenvalue weighted by Gasteiger charge is 2.26. The highest BCUT2D eigenvalue weighted by Crippen LogP contribution is 2.39. The average Bonchev–Trinajstić information content (AvgIpc) is 2.81. The molecule has 2 rings (SSSR count). The number of aliphatic hydroxyl groups excluding tert-OH is 1. The van der Waals surface area contributed by atoms with Crippen molar-refractivity contribution in [3.05, 3.63) is 28.8 Å². The average molecular weight is 241 g/mol. The lowest BCUT2D eigenvalue weighted by Crippen LogP contribution is -2.10. The molecule has 1 unspecified atom stereocenters. The molecule has 1 saturated carbocycles. The van der Waals surface area contributed by atoms with E-state index in [4.69, 9.17) is 16.3 Å². The van der Waals surface area contributed by atoms with Gasteiger partial charge in [-0.25, -0.2) is 0 Å². The predicted molar refractivity (Wildman–Crippen MR) is 64.9 cm³/mol. The lowest BCUT2D eigenvalue weighted by Gasteiger charge is -2.20. The monoisotopic (exact) mass is 240 g/mol. The second-order valence-corrected chi connectivity index (χ2v) is 4.81. The van der Waals surface area contributed by atoms with Crippen LogP contribution in [0.5, 0.6) is 5.75 Å². The van der Waals surface area contributed by atoms with Gasteiger partial charge in [0.1, 0.15) is 5.75 Å². The Balaban J connectivity index is 2.24. The SMILES string of the molecule is COc1cc(Cl)ccc1C(O)C1CCCC1. The Bertz CT molecular complexity index is 359. The minimum Gasteiger partial charge on any atom is -0.496 e. The van der Waals surface area contributed by atoms with E-state index >= 15 is 0 Å². The van der Waals surface area contributed by atoms with Crippen LogP contribution >= 0.6 is 11.6 Å². The summed E-state index contributed by atoms with van der Waals surface area (Å²) in [6.45, 7) is 0. The zero-order valence-electron chi connectivity index (χ0n) is 9.45. The Hall–Kier alpha value is -0.730. The topological polar surface area (TPSA) is 29.5 Å². The molecule has 1 aromatic rings. The fourth-order valence-electron chi connectivity index (χ4n) is 2.46. The van der Waals surface area contributed by atoms with Crippen molar-refractivity contribution >= 4 is 11.6 Å². The maximum atomic E-state index is 10.3. The first-order valence-electron chi connectivity index (χ1n) is 5.74. The van der Waals surface area contributed by atoms with Crippen LogP contribution in [-0.2, 0) is 0 Å². The van der Waals surface area contributed by atoms with Crippen LogP contribution in [0.3, 0.4) is 0 Å². The molecule has 1 aromatic carbocycles. The second-order valence-electron chi connectivity index (χ2n) is 4.38. The Labute approximate surface area is 101 Å². The Morgan fingerprint density at radius 2 is 2.06 bits per heavy atom. The van der Waals surface area contributed by atoms with Crippen molar-refractivity contribution in [2.75, 3.05) is 7.11 Å². The first kappa shape index (κ1) is 11.7. The molecule has 1 N–H and O–H groups in total. The molecule has 2 nitrogen and oxygen atoms in total. The molecule has 88 valence electrons. The molecule has 3 heteroatoms. The third-order valence-electron chi connectivity index (χ3n) is 3.36. The molecule has 1 fully saturated rings. The fraction of sp³-hybridized carbons (Fsp3) is 0.538. The number of ether oxygens (including phenoxy) is 1. The van der Waals surface area contributed by atoms with Gasteiger partial charge in [0.05, 0.1) is 13.2 Å². The number of hydrogen-bond donors (Lipinski definition) is 1. The zero-order valence-corrected chi connectivity index (χ0v) is 10.2. The summed E-state index contributed by atoms with van der Waals surface area (Å²) in [6, 6.07) is 5.43. The highest BCUT2D eigenvalue weighted by molar-refractivity contribution is 6.30. The smallest absolute Gasteiger partial charge is 0.126 e. The van der Waals surface area contributed by atoms with Gasteiger partial charge in [-0.05, 0) is 30.9 Å². The summed E-state index contributed by atoms with van der Waals surface area (Å²) in [5, 5.41) is 10.9. The number of hydrogen-bond acceptors (Lipinski definition) is 2. The number of methoxy groups -OCH3 is 1. The standard InChI is InChI=1S/C13H17ClO2/c1-16-12-8-10(14)6-7-11(12)13(15)9-4-2-3-5-9/h6-9,13,15H,2-5H2,1H3. The van der Waals surface area contributed by atoms with Gasteiger partial charge >= 0.3 is 0 Å². The maximum absolute atomic E-state index is 10.3. The first-order chi connectivity index (χ1) is 7.72. The van der Waals surface area contributed by atoms with Crippen molar-refractivity contribution in [1.82, 2.24) is 0 Å². The molecule has 0 heterocycles. The normalized spacial score (nSPS) is 18.7. The molecule has 1 aliphatic carbocycles. The number of aliphatic hydroxyl groups is 1. The van der Waals surface area contributed by atoms with Crippen molar-refractivity contribution in [1.29, 1.82) is 0 Å². The van der Waals surface area contributed by atoms with Gasteiger partial charge in [-0.2, -0.15) is 0 Å². The summed E-state index contributed by atoms with van der Waals surface area (Å²) in [4.78, 5) is 0. The quantitative estimate of drug-likeness (QED) is 0.875. The molecule has 0 radical (unpaired) electrons. The molecular formula is C13H17ClO2. The largest absolute Gasteiger partial charge is 0.496 e.